The molecule has 1 aliphatic carbocycles. The molecule has 0 radical (unpaired) electrons. The smallest absolute Gasteiger partial charge is 0.345 e. The van der Waals surface area contributed by atoms with Crippen LogP contribution in [0.1, 0.15) is 36.3 Å². The second kappa shape index (κ2) is 7.43. The van der Waals surface area contributed by atoms with Crippen molar-refractivity contribution in [2.24, 2.45) is 0 Å². The lowest BCUT2D eigenvalue weighted by molar-refractivity contribution is -0.170. The van der Waals surface area contributed by atoms with E-state index in [1.165, 1.54) is 6.20 Å². The molecule has 0 bridgehead atoms. The molecule has 128 valence electrons. The van der Waals surface area contributed by atoms with Crippen molar-refractivity contribution in [3.63, 3.8) is 0 Å². The zero-order valence-electron chi connectivity index (χ0n) is 12.8. The molecule has 1 amide bonds. The van der Waals surface area contributed by atoms with E-state index < -0.39 is 12.7 Å². The minimum atomic E-state index is -2.75. The number of imidazole rings is 1. The van der Waals surface area contributed by atoms with Crippen LogP contribution in [-0.4, -0.2) is 44.2 Å². The molecule has 0 spiro atoms. The van der Waals surface area contributed by atoms with Gasteiger partial charge in [-0.3, -0.25) is 9.36 Å². The van der Waals surface area contributed by atoms with Crippen molar-refractivity contribution < 1.29 is 18.3 Å². The third kappa shape index (κ3) is 4.10. The molecule has 1 saturated carbocycles. The Hall–Kier alpha value is -2.42. The monoisotopic (exact) mass is 337 g/mol. The van der Waals surface area contributed by atoms with Gasteiger partial charge in [0.1, 0.15) is 12.1 Å². The summed E-state index contributed by atoms with van der Waals surface area (Å²) in [6, 6.07) is 1.58. The summed E-state index contributed by atoms with van der Waals surface area (Å²) >= 11 is 0. The molecule has 3 rings (SSSR count). The van der Waals surface area contributed by atoms with E-state index in [4.69, 9.17) is 0 Å². The van der Waals surface area contributed by atoms with Crippen LogP contribution in [-0.2, 0) is 4.74 Å². The standard InChI is InChI=1S/C15H17F2N5O2/c16-15(17)24-11-3-1-10(2-4-11)20-14(23)13-19-6-5-12(21-13)22-8-7-18-9-22/h5-11,15H,1-4H2,(H,20,23). The summed E-state index contributed by atoms with van der Waals surface area (Å²) in [5, 5.41) is 2.85. The van der Waals surface area contributed by atoms with Crippen molar-refractivity contribution in [2.75, 3.05) is 0 Å². The molecule has 9 heteroatoms. The Balaban J connectivity index is 1.57. The predicted octanol–water partition coefficient (Wildman–Crippen LogP) is 1.94. The predicted molar refractivity (Wildman–Crippen MR) is 79.8 cm³/mol. The summed E-state index contributed by atoms with van der Waals surface area (Å²) in [6.07, 6.45) is 8.12. The summed E-state index contributed by atoms with van der Waals surface area (Å²) in [7, 11) is 0. The van der Waals surface area contributed by atoms with Gasteiger partial charge >= 0.3 is 6.61 Å². The lowest BCUT2D eigenvalue weighted by atomic mass is 9.93. The van der Waals surface area contributed by atoms with Gasteiger partial charge in [0.15, 0.2) is 0 Å². The molecule has 2 aromatic heterocycles. The highest BCUT2D eigenvalue weighted by molar-refractivity contribution is 5.90. The van der Waals surface area contributed by atoms with Crippen molar-refractivity contribution >= 4 is 5.91 Å². The van der Waals surface area contributed by atoms with Gasteiger partial charge in [0, 0.05) is 24.6 Å². The Morgan fingerprint density at radius 2 is 2.08 bits per heavy atom. The van der Waals surface area contributed by atoms with Gasteiger partial charge in [-0.25, -0.2) is 15.0 Å². The summed E-state index contributed by atoms with van der Waals surface area (Å²) < 4.78 is 30.6. The number of nitrogens with zero attached hydrogens (tertiary/aromatic N) is 4. The third-order valence-corrected chi connectivity index (χ3v) is 3.92. The number of hydrogen-bond donors (Lipinski definition) is 1. The zero-order chi connectivity index (χ0) is 16.9. The number of rotatable bonds is 5. The zero-order valence-corrected chi connectivity index (χ0v) is 12.8. The van der Waals surface area contributed by atoms with Gasteiger partial charge in [-0.15, -0.1) is 0 Å². The lowest BCUT2D eigenvalue weighted by Crippen LogP contribution is -2.40. The van der Waals surface area contributed by atoms with E-state index in [2.05, 4.69) is 25.0 Å². The van der Waals surface area contributed by atoms with Crippen molar-refractivity contribution in [1.82, 2.24) is 24.8 Å². The summed E-state index contributed by atoms with van der Waals surface area (Å²) in [6.45, 7) is -2.75. The maximum absolute atomic E-state index is 12.3. The Morgan fingerprint density at radius 3 is 2.75 bits per heavy atom. The Kier molecular flexibility index (Phi) is 5.09. The molecule has 1 aliphatic rings. The minimum Gasteiger partial charge on any atom is -0.347 e. The molecule has 7 nitrogen and oxygen atoms in total. The number of hydrogen-bond acceptors (Lipinski definition) is 5. The fraction of sp³-hybridized carbons (Fsp3) is 0.467. The van der Waals surface area contributed by atoms with Crippen LogP contribution in [0, 0.1) is 0 Å². The molecule has 0 unspecified atom stereocenters. The van der Waals surface area contributed by atoms with Crippen LogP contribution in [0.2, 0.25) is 0 Å². The maximum Gasteiger partial charge on any atom is 0.345 e. The van der Waals surface area contributed by atoms with E-state index in [0.717, 1.165) is 0 Å². The molecule has 2 aromatic rings. The highest BCUT2D eigenvalue weighted by Crippen LogP contribution is 2.23. The summed E-state index contributed by atoms with van der Waals surface area (Å²) in [5.74, 6) is 0.226. The first-order chi connectivity index (χ1) is 11.6. The number of nitrogens with one attached hydrogen (secondary N) is 1. The van der Waals surface area contributed by atoms with Crippen molar-refractivity contribution in [2.45, 2.75) is 44.4 Å². The van der Waals surface area contributed by atoms with Gasteiger partial charge in [0.25, 0.3) is 5.91 Å². The normalized spacial score (nSPS) is 21.0. The van der Waals surface area contributed by atoms with Crippen LogP contribution in [0.5, 0.6) is 0 Å². The van der Waals surface area contributed by atoms with Crippen LogP contribution in [0.3, 0.4) is 0 Å². The number of amides is 1. The third-order valence-electron chi connectivity index (χ3n) is 3.92. The highest BCUT2D eigenvalue weighted by Gasteiger charge is 2.25. The lowest BCUT2D eigenvalue weighted by Gasteiger charge is -2.28. The average Bonchev–Trinajstić information content (AvgIpc) is 3.11. The van der Waals surface area contributed by atoms with Crippen molar-refractivity contribution in [3.8, 4) is 5.82 Å². The minimum absolute atomic E-state index is 0.0622. The largest absolute Gasteiger partial charge is 0.347 e. The maximum atomic E-state index is 12.3. The van der Waals surface area contributed by atoms with E-state index in [1.54, 1.807) is 29.4 Å². The van der Waals surface area contributed by atoms with E-state index >= 15 is 0 Å². The summed E-state index contributed by atoms with van der Waals surface area (Å²) in [4.78, 5) is 24.4. The molecule has 1 fully saturated rings. The second-order valence-electron chi connectivity index (χ2n) is 5.55. The molecule has 0 aromatic carbocycles. The van der Waals surface area contributed by atoms with Gasteiger partial charge in [-0.2, -0.15) is 8.78 Å². The molecule has 24 heavy (non-hydrogen) atoms. The Bertz CT molecular complexity index is 672. The SMILES string of the molecule is O=C(NC1CCC(OC(F)F)CC1)c1nccc(-n2ccnc2)n1. The van der Waals surface area contributed by atoms with Gasteiger partial charge in [-0.1, -0.05) is 0 Å². The summed E-state index contributed by atoms with van der Waals surface area (Å²) in [5.41, 5.74) is 0. The first-order valence-corrected chi connectivity index (χ1v) is 7.67. The number of carbonyl (C=O) groups excluding carboxylic acids is 1. The molecule has 0 atom stereocenters. The fourth-order valence-electron chi connectivity index (χ4n) is 2.74. The topological polar surface area (TPSA) is 81.9 Å². The Labute approximate surface area is 137 Å². The van der Waals surface area contributed by atoms with E-state index in [-0.39, 0.29) is 17.8 Å². The Morgan fingerprint density at radius 1 is 1.29 bits per heavy atom. The van der Waals surface area contributed by atoms with Crippen LogP contribution in [0.4, 0.5) is 8.78 Å². The number of alkyl halides is 2. The fourth-order valence-corrected chi connectivity index (χ4v) is 2.74. The quantitative estimate of drug-likeness (QED) is 0.902. The number of ether oxygens (including phenoxy) is 1. The van der Waals surface area contributed by atoms with Gasteiger partial charge in [-0.05, 0) is 31.7 Å². The number of carbonyl (C=O) groups is 1. The molecular formula is C15H17F2N5O2. The van der Waals surface area contributed by atoms with E-state index in [0.29, 0.717) is 31.5 Å². The molecular weight excluding hydrogens is 320 g/mol. The van der Waals surface area contributed by atoms with Crippen molar-refractivity contribution in [3.05, 3.63) is 36.8 Å². The molecule has 2 heterocycles. The first-order valence-electron chi connectivity index (χ1n) is 7.67. The van der Waals surface area contributed by atoms with Crippen LogP contribution < -0.4 is 5.32 Å². The molecule has 1 N–H and O–H groups in total. The highest BCUT2D eigenvalue weighted by atomic mass is 19.3. The number of halogens is 2. The molecule has 0 saturated heterocycles. The van der Waals surface area contributed by atoms with E-state index in [1.807, 2.05) is 0 Å². The first kappa shape index (κ1) is 16.4. The molecule has 0 aliphatic heterocycles. The average molecular weight is 337 g/mol. The van der Waals surface area contributed by atoms with E-state index in [9.17, 15) is 13.6 Å². The van der Waals surface area contributed by atoms with Crippen LogP contribution >= 0.6 is 0 Å². The van der Waals surface area contributed by atoms with Gasteiger partial charge in [0.05, 0.1) is 6.10 Å². The van der Waals surface area contributed by atoms with Crippen LogP contribution in [0.15, 0.2) is 31.0 Å². The van der Waals surface area contributed by atoms with Gasteiger partial charge in [0.2, 0.25) is 5.82 Å². The van der Waals surface area contributed by atoms with Gasteiger partial charge < -0.3 is 10.1 Å². The van der Waals surface area contributed by atoms with Crippen LogP contribution in [0.25, 0.3) is 5.82 Å². The number of aromatic nitrogens is 4. The van der Waals surface area contributed by atoms with Crippen molar-refractivity contribution in [1.29, 1.82) is 0 Å². The second-order valence-corrected chi connectivity index (χ2v) is 5.55.